The number of unbranched alkanes of at least 4 members (excludes halogenated alkanes) is 1. The monoisotopic (exact) mass is 276 g/mol. The van der Waals surface area contributed by atoms with Gasteiger partial charge in [0, 0.05) is 29.9 Å². The van der Waals surface area contributed by atoms with E-state index in [2.05, 4.69) is 50.4 Å². The fraction of sp³-hybridized carbons (Fsp3) is 0.706. The zero-order valence-electron chi connectivity index (χ0n) is 13.6. The van der Waals surface area contributed by atoms with Gasteiger partial charge in [-0.3, -0.25) is 4.79 Å². The number of ketones is 1. The van der Waals surface area contributed by atoms with Crippen LogP contribution in [-0.2, 0) is 13.0 Å². The van der Waals surface area contributed by atoms with Crippen LogP contribution in [0.5, 0.6) is 0 Å². The Balaban J connectivity index is 2.12. The topological polar surface area (TPSA) is 25.2 Å². The summed E-state index contributed by atoms with van der Waals surface area (Å²) in [5.41, 5.74) is 3.60. The molecule has 0 aliphatic heterocycles. The number of nitrogens with zero attached hydrogens (tertiary/aromatic N) is 2. The van der Waals surface area contributed by atoms with Gasteiger partial charge in [-0.15, -0.1) is 0 Å². The van der Waals surface area contributed by atoms with Gasteiger partial charge in [-0.25, -0.2) is 0 Å². The quantitative estimate of drug-likeness (QED) is 0.771. The third-order valence-electron chi connectivity index (χ3n) is 4.24. The molecule has 2 rings (SSSR count). The SMILES string of the molecule is Cc1cc2c(n1CCCCN(C)C)CC(C)(C)CC2=O. The molecule has 0 spiro atoms. The molecule has 0 saturated carbocycles. The van der Waals surface area contributed by atoms with E-state index in [0.29, 0.717) is 12.2 Å². The van der Waals surface area contributed by atoms with Crippen LogP contribution in [0.3, 0.4) is 0 Å². The number of hydrogen-bond acceptors (Lipinski definition) is 2. The standard InChI is InChI=1S/C17H28N2O/c1-13-10-14-15(11-17(2,3)12-16(14)20)19(13)9-7-6-8-18(4)5/h10H,6-9,11-12H2,1-5H3. The molecular weight excluding hydrogens is 248 g/mol. The highest BCUT2D eigenvalue weighted by Crippen LogP contribution is 2.36. The molecule has 0 N–H and O–H groups in total. The first kappa shape index (κ1) is 15.3. The van der Waals surface area contributed by atoms with E-state index in [0.717, 1.165) is 25.1 Å². The maximum absolute atomic E-state index is 12.3. The van der Waals surface area contributed by atoms with E-state index in [1.54, 1.807) is 0 Å². The molecule has 0 amide bonds. The third-order valence-corrected chi connectivity index (χ3v) is 4.24. The molecule has 1 aliphatic carbocycles. The number of fused-ring (bicyclic) bond motifs is 1. The molecule has 1 aromatic heterocycles. The van der Waals surface area contributed by atoms with Crippen molar-refractivity contribution in [3.63, 3.8) is 0 Å². The summed E-state index contributed by atoms with van der Waals surface area (Å²) in [6, 6.07) is 2.10. The molecular formula is C17H28N2O. The molecule has 0 aromatic carbocycles. The second-order valence-electron chi connectivity index (χ2n) is 7.25. The van der Waals surface area contributed by atoms with Crippen molar-refractivity contribution in [2.24, 2.45) is 5.41 Å². The van der Waals surface area contributed by atoms with Crippen LogP contribution in [0, 0.1) is 12.3 Å². The summed E-state index contributed by atoms with van der Waals surface area (Å²) in [5, 5.41) is 0. The lowest BCUT2D eigenvalue weighted by atomic mass is 9.76. The lowest BCUT2D eigenvalue weighted by molar-refractivity contribution is 0.0910. The molecule has 0 fully saturated rings. The zero-order chi connectivity index (χ0) is 14.9. The van der Waals surface area contributed by atoms with Gasteiger partial charge < -0.3 is 9.47 Å². The van der Waals surface area contributed by atoms with Crippen LogP contribution < -0.4 is 0 Å². The average molecular weight is 276 g/mol. The highest BCUT2D eigenvalue weighted by atomic mass is 16.1. The Hall–Kier alpha value is -1.09. The molecule has 112 valence electrons. The van der Waals surface area contributed by atoms with Crippen molar-refractivity contribution in [2.45, 2.75) is 53.0 Å². The van der Waals surface area contributed by atoms with Gasteiger partial charge in [0.2, 0.25) is 0 Å². The Bertz CT molecular complexity index is 497. The summed E-state index contributed by atoms with van der Waals surface area (Å²) in [5.74, 6) is 0.325. The van der Waals surface area contributed by atoms with Gasteiger partial charge in [0.25, 0.3) is 0 Å². The van der Waals surface area contributed by atoms with E-state index in [9.17, 15) is 4.79 Å². The van der Waals surface area contributed by atoms with E-state index >= 15 is 0 Å². The largest absolute Gasteiger partial charge is 0.348 e. The molecule has 20 heavy (non-hydrogen) atoms. The second kappa shape index (κ2) is 5.72. The highest BCUT2D eigenvalue weighted by molar-refractivity contribution is 5.99. The molecule has 0 saturated heterocycles. The predicted octanol–water partition coefficient (Wildman–Crippen LogP) is 3.29. The van der Waals surface area contributed by atoms with E-state index in [4.69, 9.17) is 0 Å². The van der Waals surface area contributed by atoms with Gasteiger partial charge in [0.15, 0.2) is 5.78 Å². The first-order chi connectivity index (χ1) is 9.30. The average Bonchev–Trinajstić information content (AvgIpc) is 2.60. The third kappa shape index (κ3) is 3.32. The molecule has 3 nitrogen and oxygen atoms in total. The first-order valence-electron chi connectivity index (χ1n) is 7.67. The van der Waals surface area contributed by atoms with Crippen molar-refractivity contribution in [3.8, 4) is 0 Å². The van der Waals surface area contributed by atoms with Crippen molar-refractivity contribution < 1.29 is 4.79 Å². The molecule has 0 unspecified atom stereocenters. The minimum absolute atomic E-state index is 0.107. The number of aromatic nitrogens is 1. The number of carbonyl (C=O) groups excluding carboxylic acids is 1. The summed E-state index contributed by atoms with van der Waals surface area (Å²) < 4.78 is 2.38. The number of hydrogen-bond donors (Lipinski definition) is 0. The molecule has 1 aliphatic rings. The van der Waals surface area contributed by atoms with Crippen LogP contribution in [0.25, 0.3) is 0 Å². The molecule has 0 bridgehead atoms. The fourth-order valence-corrected chi connectivity index (χ4v) is 3.22. The van der Waals surface area contributed by atoms with E-state index in [-0.39, 0.29) is 5.41 Å². The fourth-order valence-electron chi connectivity index (χ4n) is 3.22. The van der Waals surface area contributed by atoms with Gasteiger partial charge in [-0.1, -0.05) is 13.8 Å². The van der Waals surface area contributed by atoms with Gasteiger partial charge in [0.1, 0.15) is 0 Å². The molecule has 1 aromatic rings. The van der Waals surface area contributed by atoms with Crippen LogP contribution in [0.1, 0.15) is 54.9 Å². The normalized spacial score (nSPS) is 17.6. The Morgan fingerprint density at radius 2 is 1.95 bits per heavy atom. The smallest absolute Gasteiger partial charge is 0.165 e. The van der Waals surface area contributed by atoms with Gasteiger partial charge in [0.05, 0.1) is 0 Å². The van der Waals surface area contributed by atoms with E-state index in [1.807, 2.05) is 0 Å². The molecule has 0 radical (unpaired) electrons. The van der Waals surface area contributed by atoms with Crippen LogP contribution in [0.15, 0.2) is 6.07 Å². The predicted molar refractivity (Wildman–Crippen MR) is 83.4 cm³/mol. The van der Waals surface area contributed by atoms with Gasteiger partial charge in [-0.2, -0.15) is 0 Å². The lowest BCUT2D eigenvalue weighted by Crippen LogP contribution is -2.28. The Morgan fingerprint density at radius 1 is 1.25 bits per heavy atom. The molecule has 1 heterocycles. The zero-order valence-corrected chi connectivity index (χ0v) is 13.6. The van der Waals surface area contributed by atoms with Crippen molar-refractivity contribution >= 4 is 5.78 Å². The second-order valence-corrected chi connectivity index (χ2v) is 7.25. The van der Waals surface area contributed by atoms with Crippen LogP contribution in [-0.4, -0.2) is 35.9 Å². The van der Waals surface area contributed by atoms with E-state index in [1.165, 1.54) is 24.2 Å². The summed E-state index contributed by atoms with van der Waals surface area (Å²) >= 11 is 0. The van der Waals surface area contributed by atoms with Crippen LogP contribution >= 0.6 is 0 Å². The first-order valence-corrected chi connectivity index (χ1v) is 7.67. The number of aryl methyl sites for hydroxylation is 1. The Labute approximate surface area is 123 Å². The number of Topliss-reactive ketones (excluding diaryl/α,β-unsaturated/α-hetero) is 1. The molecule has 0 atom stereocenters. The minimum Gasteiger partial charge on any atom is -0.348 e. The molecule has 3 heteroatoms. The minimum atomic E-state index is 0.107. The van der Waals surface area contributed by atoms with Crippen molar-refractivity contribution in [2.75, 3.05) is 20.6 Å². The van der Waals surface area contributed by atoms with Crippen molar-refractivity contribution in [1.29, 1.82) is 0 Å². The summed E-state index contributed by atoms with van der Waals surface area (Å²) in [6.07, 6.45) is 4.09. The van der Waals surface area contributed by atoms with Crippen molar-refractivity contribution in [1.82, 2.24) is 9.47 Å². The summed E-state index contributed by atoms with van der Waals surface area (Å²) in [4.78, 5) is 14.5. The Kier molecular flexibility index (Phi) is 4.38. The number of rotatable bonds is 5. The summed E-state index contributed by atoms with van der Waals surface area (Å²) in [6.45, 7) is 8.70. The van der Waals surface area contributed by atoms with Crippen LogP contribution in [0.4, 0.5) is 0 Å². The number of carbonyl (C=O) groups is 1. The van der Waals surface area contributed by atoms with Gasteiger partial charge >= 0.3 is 0 Å². The Morgan fingerprint density at radius 3 is 2.60 bits per heavy atom. The maximum atomic E-state index is 12.3. The van der Waals surface area contributed by atoms with Crippen LogP contribution in [0.2, 0.25) is 0 Å². The summed E-state index contributed by atoms with van der Waals surface area (Å²) in [7, 11) is 4.23. The van der Waals surface area contributed by atoms with Gasteiger partial charge in [-0.05, 0) is 58.3 Å². The van der Waals surface area contributed by atoms with E-state index < -0.39 is 0 Å². The lowest BCUT2D eigenvalue weighted by Gasteiger charge is -2.30. The van der Waals surface area contributed by atoms with Crippen molar-refractivity contribution in [3.05, 3.63) is 23.0 Å². The highest BCUT2D eigenvalue weighted by Gasteiger charge is 2.33. The maximum Gasteiger partial charge on any atom is 0.165 e.